The van der Waals surface area contributed by atoms with Crippen LogP contribution in [0.3, 0.4) is 0 Å². The maximum absolute atomic E-state index is 8.84. The maximum Gasteiger partial charge on any atom is 0.0991 e. The van der Waals surface area contributed by atoms with Gasteiger partial charge < -0.3 is 5.32 Å². The van der Waals surface area contributed by atoms with Crippen molar-refractivity contribution < 1.29 is 0 Å². The predicted molar refractivity (Wildman–Crippen MR) is 82.7 cm³/mol. The van der Waals surface area contributed by atoms with E-state index < -0.39 is 0 Å². The van der Waals surface area contributed by atoms with Gasteiger partial charge in [0.2, 0.25) is 0 Å². The van der Waals surface area contributed by atoms with Crippen LogP contribution < -0.4 is 5.32 Å². The van der Waals surface area contributed by atoms with Crippen LogP contribution in [0.2, 0.25) is 5.02 Å². The summed E-state index contributed by atoms with van der Waals surface area (Å²) in [7, 11) is 0. The highest BCUT2D eigenvalue weighted by molar-refractivity contribution is 14.1. The van der Waals surface area contributed by atoms with E-state index in [2.05, 4.69) is 34.0 Å². The number of benzene rings is 2. The van der Waals surface area contributed by atoms with Crippen LogP contribution in [-0.4, -0.2) is 0 Å². The van der Waals surface area contributed by atoms with Crippen LogP contribution >= 0.6 is 34.2 Å². The van der Waals surface area contributed by atoms with E-state index in [1.54, 1.807) is 6.07 Å². The number of hydrogen-bond donors (Lipinski definition) is 1. The van der Waals surface area contributed by atoms with Crippen LogP contribution in [0.5, 0.6) is 0 Å². The summed E-state index contributed by atoms with van der Waals surface area (Å²) in [6, 6.07) is 15.4. The number of hydrogen-bond acceptors (Lipinski definition) is 2. The average molecular weight is 369 g/mol. The second-order valence-electron chi connectivity index (χ2n) is 3.79. The Hall–Kier alpha value is -1.25. The van der Waals surface area contributed by atoms with Crippen molar-refractivity contribution >= 4 is 39.9 Å². The fourth-order valence-electron chi connectivity index (χ4n) is 1.58. The van der Waals surface area contributed by atoms with Gasteiger partial charge in [0.05, 0.1) is 11.6 Å². The molecule has 0 aliphatic carbocycles. The van der Waals surface area contributed by atoms with E-state index in [0.29, 0.717) is 12.1 Å². The zero-order valence-electron chi connectivity index (χ0n) is 9.45. The van der Waals surface area contributed by atoms with Gasteiger partial charge in [-0.05, 0) is 58.5 Å². The summed E-state index contributed by atoms with van der Waals surface area (Å²) in [6.07, 6.45) is 0. The lowest BCUT2D eigenvalue weighted by atomic mass is 10.1. The number of nitrogens with zero attached hydrogens (tertiary/aromatic N) is 1. The minimum absolute atomic E-state index is 0.681. The lowest BCUT2D eigenvalue weighted by Crippen LogP contribution is -2.01. The molecule has 2 aromatic rings. The fraction of sp³-hybridized carbons (Fsp3) is 0.0714. The SMILES string of the molecule is N#Cc1cccc(CNc2ccc(Cl)cc2I)c1. The van der Waals surface area contributed by atoms with Crippen LogP contribution in [-0.2, 0) is 6.54 Å². The van der Waals surface area contributed by atoms with Crippen molar-refractivity contribution in [2.75, 3.05) is 5.32 Å². The number of rotatable bonds is 3. The molecule has 2 rings (SSSR count). The zero-order valence-corrected chi connectivity index (χ0v) is 12.4. The smallest absolute Gasteiger partial charge is 0.0991 e. The van der Waals surface area contributed by atoms with E-state index in [1.165, 1.54) is 0 Å². The van der Waals surface area contributed by atoms with E-state index in [4.69, 9.17) is 16.9 Å². The summed E-state index contributed by atoms with van der Waals surface area (Å²) in [4.78, 5) is 0. The number of nitrogens with one attached hydrogen (secondary N) is 1. The maximum atomic E-state index is 8.84. The summed E-state index contributed by atoms with van der Waals surface area (Å²) in [5, 5.41) is 12.9. The van der Waals surface area contributed by atoms with Crippen molar-refractivity contribution in [3.05, 3.63) is 62.2 Å². The molecule has 0 unspecified atom stereocenters. The van der Waals surface area contributed by atoms with Crippen LogP contribution in [0.15, 0.2) is 42.5 Å². The largest absolute Gasteiger partial charge is 0.380 e. The minimum atomic E-state index is 0.681. The van der Waals surface area contributed by atoms with Gasteiger partial charge in [-0.15, -0.1) is 0 Å². The van der Waals surface area contributed by atoms with Crippen molar-refractivity contribution in [2.45, 2.75) is 6.54 Å². The third-order valence-electron chi connectivity index (χ3n) is 2.47. The molecule has 0 atom stereocenters. The molecule has 0 saturated carbocycles. The molecule has 0 fully saturated rings. The number of nitriles is 1. The van der Waals surface area contributed by atoms with E-state index in [9.17, 15) is 0 Å². The molecule has 0 aliphatic rings. The highest BCUT2D eigenvalue weighted by Crippen LogP contribution is 2.22. The summed E-state index contributed by atoms with van der Waals surface area (Å²) in [5.74, 6) is 0. The minimum Gasteiger partial charge on any atom is -0.380 e. The number of anilines is 1. The van der Waals surface area contributed by atoms with Crippen molar-refractivity contribution in [3.8, 4) is 6.07 Å². The lowest BCUT2D eigenvalue weighted by Gasteiger charge is -2.09. The molecule has 0 spiro atoms. The quantitative estimate of drug-likeness (QED) is 0.814. The van der Waals surface area contributed by atoms with Crippen molar-refractivity contribution in [3.63, 3.8) is 0 Å². The normalized spacial score (nSPS) is 9.83. The molecule has 0 aliphatic heterocycles. The third-order valence-corrected chi connectivity index (χ3v) is 3.60. The first-order chi connectivity index (χ1) is 8.69. The highest BCUT2D eigenvalue weighted by atomic mass is 127. The van der Waals surface area contributed by atoms with Crippen molar-refractivity contribution in [1.29, 1.82) is 5.26 Å². The standard InChI is InChI=1S/C14H10ClIN2/c15-12-4-5-14(13(16)7-12)18-9-11-3-1-2-10(6-11)8-17/h1-7,18H,9H2. The van der Waals surface area contributed by atoms with Gasteiger partial charge in [-0.1, -0.05) is 23.7 Å². The molecule has 1 N–H and O–H groups in total. The first-order valence-corrected chi connectivity index (χ1v) is 6.82. The van der Waals surface area contributed by atoms with E-state index in [-0.39, 0.29) is 0 Å². The Labute approximate surface area is 125 Å². The molecule has 4 heteroatoms. The molecule has 0 bridgehead atoms. The Morgan fingerprint density at radius 2 is 2.06 bits per heavy atom. The first kappa shape index (κ1) is 13.2. The summed E-state index contributed by atoms with van der Waals surface area (Å²) in [6.45, 7) is 0.688. The third kappa shape index (κ3) is 3.37. The van der Waals surface area contributed by atoms with Gasteiger partial charge in [0.1, 0.15) is 0 Å². The van der Waals surface area contributed by atoms with Gasteiger partial charge in [0.15, 0.2) is 0 Å². The fourth-order valence-corrected chi connectivity index (χ4v) is 2.64. The van der Waals surface area contributed by atoms with Gasteiger partial charge in [-0.3, -0.25) is 0 Å². The second-order valence-corrected chi connectivity index (χ2v) is 5.39. The van der Waals surface area contributed by atoms with Gasteiger partial charge in [0, 0.05) is 20.8 Å². The van der Waals surface area contributed by atoms with Crippen LogP contribution in [0, 0.1) is 14.9 Å². The monoisotopic (exact) mass is 368 g/mol. The lowest BCUT2D eigenvalue weighted by molar-refractivity contribution is 1.14. The molecule has 0 saturated heterocycles. The van der Waals surface area contributed by atoms with Crippen LogP contribution in [0.25, 0.3) is 0 Å². The molecule has 0 heterocycles. The van der Waals surface area contributed by atoms with Crippen molar-refractivity contribution in [1.82, 2.24) is 0 Å². The Balaban J connectivity index is 2.09. The molecule has 2 nitrogen and oxygen atoms in total. The molecular formula is C14H10ClIN2. The van der Waals surface area contributed by atoms with Crippen LogP contribution in [0.4, 0.5) is 5.69 Å². The molecule has 0 radical (unpaired) electrons. The topological polar surface area (TPSA) is 35.8 Å². The predicted octanol–water partition coefficient (Wildman–Crippen LogP) is 4.43. The molecule has 2 aromatic carbocycles. The summed E-state index contributed by atoms with van der Waals surface area (Å²) >= 11 is 8.15. The Morgan fingerprint density at radius 3 is 2.78 bits per heavy atom. The van der Waals surface area contributed by atoms with E-state index in [0.717, 1.165) is 19.8 Å². The van der Waals surface area contributed by atoms with Gasteiger partial charge in [-0.25, -0.2) is 0 Å². The first-order valence-electron chi connectivity index (χ1n) is 5.37. The zero-order chi connectivity index (χ0) is 13.0. The van der Waals surface area contributed by atoms with Gasteiger partial charge in [0.25, 0.3) is 0 Å². The number of halogens is 2. The molecular weight excluding hydrogens is 359 g/mol. The molecule has 18 heavy (non-hydrogen) atoms. The molecule has 90 valence electrons. The van der Waals surface area contributed by atoms with E-state index in [1.807, 2.05) is 36.4 Å². The summed E-state index contributed by atoms with van der Waals surface area (Å²) < 4.78 is 1.08. The van der Waals surface area contributed by atoms with Gasteiger partial charge in [-0.2, -0.15) is 5.26 Å². The van der Waals surface area contributed by atoms with Crippen molar-refractivity contribution in [2.24, 2.45) is 0 Å². The molecule has 0 amide bonds. The summed E-state index contributed by atoms with van der Waals surface area (Å²) in [5.41, 5.74) is 2.81. The van der Waals surface area contributed by atoms with Crippen LogP contribution in [0.1, 0.15) is 11.1 Å². The second kappa shape index (κ2) is 6.07. The average Bonchev–Trinajstić information content (AvgIpc) is 2.38. The Morgan fingerprint density at radius 1 is 1.22 bits per heavy atom. The van der Waals surface area contributed by atoms with Gasteiger partial charge >= 0.3 is 0 Å². The Bertz CT molecular complexity index is 605. The van der Waals surface area contributed by atoms with E-state index >= 15 is 0 Å². The Kier molecular flexibility index (Phi) is 4.45. The molecule has 0 aromatic heterocycles. The highest BCUT2D eigenvalue weighted by Gasteiger charge is 2.01.